The fourth-order valence-electron chi connectivity index (χ4n) is 2.98. The molecule has 2 amide bonds. The fraction of sp³-hybridized carbons (Fsp3) is 0.158. The highest BCUT2D eigenvalue weighted by molar-refractivity contribution is 5.75. The average molecular weight is 334 g/mol. The number of aromatic nitrogens is 2. The van der Waals surface area contributed by atoms with E-state index in [0.29, 0.717) is 13.2 Å². The summed E-state index contributed by atoms with van der Waals surface area (Å²) in [6, 6.07) is 15.3. The summed E-state index contributed by atoms with van der Waals surface area (Å²) < 4.78 is 7.52. The van der Waals surface area contributed by atoms with Crippen LogP contribution in [0.15, 0.2) is 67.3 Å². The van der Waals surface area contributed by atoms with Crippen LogP contribution in [-0.4, -0.2) is 22.2 Å². The molecule has 0 bridgehead atoms. The van der Waals surface area contributed by atoms with Gasteiger partial charge in [0.2, 0.25) is 0 Å². The lowest BCUT2D eigenvalue weighted by Crippen LogP contribution is -2.38. The van der Waals surface area contributed by atoms with Gasteiger partial charge in [0.15, 0.2) is 0 Å². The average Bonchev–Trinajstić information content (AvgIpc) is 3.31. The van der Waals surface area contributed by atoms with Crippen molar-refractivity contribution >= 4 is 6.03 Å². The highest BCUT2D eigenvalue weighted by Crippen LogP contribution is 2.31. The van der Waals surface area contributed by atoms with Crippen molar-refractivity contribution in [3.05, 3.63) is 78.4 Å². The van der Waals surface area contributed by atoms with E-state index in [2.05, 4.69) is 15.6 Å². The van der Waals surface area contributed by atoms with Crippen molar-refractivity contribution in [1.82, 2.24) is 20.2 Å². The number of carbonyl (C=O) groups is 1. The van der Waals surface area contributed by atoms with Gasteiger partial charge in [-0.05, 0) is 17.7 Å². The molecule has 1 aromatic heterocycles. The topological polar surface area (TPSA) is 68.2 Å². The molecule has 1 atom stereocenters. The Morgan fingerprint density at radius 3 is 2.92 bits per heavy atom. The number of amides is 2. The number of hydrogen-bond donors (Lipinski definition) is 2. The molecular formula is C19H18N4O2. The summed E-state index contributed by atoms with van der Waals surface area (Å²) >= 11 is 0. The second kappa shape index (κ2) is 6.68. The zero-order valence-electron chi connectivity index (χ0n) is 13.6. The minimum atomic E-state index is -0.217. The van der Waals surface area contributed by atoms with E-state index in [1.165, 1.54) is 0 Å². The van der Waals surface area contributed by atoms with E-state index in [4.69, 9.17) is 4.74 Å². The van der Waals surface area contributed by atoms with Crippen LogP contribution in [0.4, 0.5) is 4.79 Å². The van der Waals surface area contributed by atoms with Crippen LogP contribution < -0.4 is 15.4 Å². The normalized spacial score (nSPS) is 15.3. The third kappa shape index (κ3) is 3.19. The molecule has 1 unspecified atom stereocenters. The Hall–Kier alpha value is -3.28. The van der Waals surface area contributed by atoms with Gasteiger partial charge < -0.3 is 19.9 Å². The Balaban J connectivity index is 1.41. The summed E-state index contributed by atoms with van der Waals surface area (Å²) in [7, 11) is 0. The molecule has 4 rings (SSSR count). The van der Waals surface area contributed by atoms with Crippen LogP contribution in [0.5, 0.6) is 5.75 Å². The monoisotopic (exact) mass is 334 g/mol. The van der Waals surface area contributed by atoms with E-state index in [-0.39, 0.29) is 12.1 Å². The number of benzene rings is 2. The van der Waals surface area contributed by atoms with Gasteiger partial charge in [0.1, 0.15) is 12.4 Å². The van der Waals surface area contributed by atoms with Crippen LogP contribution >= 0.6 is 0 Å². The number of rotatable bonds is 4. The van der Waals surface area contributed by atoms with Gasteiger partial charge in [-0.1, -0.05) is 36.4 Å². The lowest BCUT2D eigenvalue weighted by atomic mass is 10.1. The predicted molar refractivity (Wildman–Crippen MR) is 93.6 cm³/mol. The fourth-order valence-corrected chi connectivity index (χ4v) is 2.98. The molecular weight excluding hydrogens is 316 g/mol. The summed E-state index contributed by atoms with van der Waals surface area (Å²) in [5.74, 6) is 0.832. The van der Waals surface area contributed by atoms with Gasteiger partial charge >= 0.3 is 6.03 Å². The van der Waals surface area contributed by atoms with Crippen molar-refractivity contribution in [3.8, 4) is 11.4 Å². The van der Waals surface area contributed by atoms with Gasteiger partial charge in [0.05, 0.1) is 18.1 Å². The number of nitrogens with zero attached hydrogens (tertiary/aromatic N) is 2. The minimum Gasteiger partial charge on any atom is -0.491 e. The first-order valence-electron chi connectivity index (χ1n) is 8.13. The summed E-state index contributed by atoms with van der Waals surface area (Å²) in [5.41, 5.74) is 3.02. The van der Waals surface area contributed by atoms with E-state index >= 15 is 0 Å². The molecule has 0 spiro atoms. The van der Waals surface area contributed by atoms with Crippen LogP contribution in [0, 0.1) is 0 Å². The number of hydrogen-bond acceptors (Lipinski definition) is 3. The maximum absolute atomic E-state index is 12.3. The molecule has 0 saturated heterocycles. The van der Waals surface area contributed by atoms with Gasteiger partial charge in [0.25, 0.3) is 0 Å². The Morgan fingerprint density at radius 2 is 2.04 bits per heavy atom. The first-order valence-corrected chi connectivity index (χ1v) is 8.13. The summed E-state index contributed by atoms with van der Waals surface area (Å²) in [5, 5.41) is 5.89. The third-order valence-corrected chi connectivity index (χ3v) is 4.22. The molecule has 1 aliphatic rings. The molecule has 2 heterocycles. The maximum atomic E-state index is 12.3. The van der Waals surface area contributed by atoms with E-state index < -0.39 is 0 Å². The van der Waals surface area contributed by atoms with Crippen molar-refractivity contribution in [2.75, 3.05) is 6.61 Å². The SMILES string of the molecule is O=C(NCc1ccccc1-n1ccnc1)NC1COc2ccccc21. The van der Waals surface area contributed by atoms with Crippen molar-refractivity contribution in [2.24, 2.45) is 0 Å². The smallest absolute Gasteiger partial charge is 0.315 e. The Bertz CT molecular complexity index is 877. The zero-order valence-corrected chi connectivity index (χ0v) is 13.6. The standard InChI is InChI=1S/C19H18N4O2/c24-19(22-16-12-25-18-8-4-2-6-15(16)18)21-11-14-5-1-3-7-17(14)23-10-9-20-13-23/h1-10,13,16H,11-12H2,(H2,21,22,24). The number of nitrogens with one attached hydrogen (secondary N) is 2. The maximum Gasteiger partial charge on any atom is 0.315 e. The molecule has 0 radical (unpaired) electrons. The Labute approximate surface area is 145 Å². The van der Waals surface area contributed by atoms with Crippen LogP contribution in [-0.2, 0) is 6.54 Å². The van der Waals surface area contributed by atoms with Crippen LogP contribution in [0.2, 0.25) is 0 Å². The lowest BCUT2D eigenvalue weighted by Gasteiger charge is -2.14. The number of carbonyl (C=O) groups excluding carboxylic acids is 1. The largest absolute Gasteiger partial charge is 0.491 e. The summed E-state index contributed by atoms with van der Waals surface area (Å²) in [6.45, 7) is 0.883. The van der Waals surface area contributed by atoms with Gasteiger partial charge in [-0.25, -0.2) is 9.78 Å². The molecule has 0 saturated carbocycles. The quantitative estimate of drug-likeness (QED) is 0.771. The molecule has 6 nitrogen and oxygen atoms in total. The number of fused-ring (bicyclic) bond motifs is 1. The summed E-state index contributed by atoms with van der Waals surface area (Å²) in [6.07, 6.45) is 5.35. The van der Waals surface area contributed by atoms with E-state index in [1.54, 1.807) is 12.5 Å². The first kappa shape index (κ1) is 15.3. The van der Waals surface area contributed by atoms with Crippen molar-refractivity contribution in [3.63, 3.8) is 0 Å². The first-order chi connectivity index (χ1) is 12.3. The highest BCUT2D eigenvalue weighted by atomic mass is 16.5. The molecule has 126 valence electrons. The predicted octanol–water partition coefficient (Wildman–Crippen LogP) is 2.81. The van der Waals surface area contributed by atoms with Gasteiger partial charge in [0, 0.05) is 24.5 Å². The zero-order chi connectivity index (χ0) is 17.1. The van der Waals surface area contributed by atoms with E-state index in [0.717, 1.165) is 22.6 Å². The van der Waals surface area contributed by atoms with Crippen LogP contribution in [0.3, 0.4) is 0 Å². The van der Waals surface area contributed by atoms with Gasteiger partial charge in [-0.2, -0.15) is 0 Å². The van der Waals surface area contributed by atoms with E-state index in [1.807, 2.05) is 59.3 Å². The second-order valence-corrected chi connectivity index (χ2v) is 5.83. The highest BCUT2D eigenvalue weighted by Gasteiger charge is 2.24. The van der Waals surface area contributed by atoms with Crippen LogP contribution in [0.1, 0.15) is 17.2 Å². The number of imidazole rings is 1. The Morgan fingerprint density at radius 1 is 1.20 bits per heavy atom. The molecule has 2 N–H and O–H groups in total. The lowest BCUT2D eigenvalue weighted by molar-refractivity contribution is 0.231. The third-order valence-electron chi connectivity index (χ3n) is 4.22. The van der Waals surface area contributed by atoms with Gasteiger partial charge in [-0.3, -0.25) is 0 Å². The van der Waals surface area contributed by atoms with Gasteiger partial charge in [-0.15, -0.1) is 0 Å². The molecule has 25 heavy (non-hydrogen) atoms. The number of ether oxygens (including phenoxy) is 1. The number of para-hydroxylation sites is 2. The molecule has 0 aliphatic carbocycles. The number of urea groups is 1. The van der Waals surface area contributed by atoms with Crippen molar-refractivity contribution < 1.29 is 9.53 Å². The second-order valence-electron chi connectivity index (χ2n) is 5.83. The molecule has 2 aromatic carbocycles. The molecule has 6 heteroatoms. The van der Waals surface area contributed by atoms with Crippen molar-refractivity contribution in [2.45, 2.75) is 12.6 Å². The molecule has 1 aliphatic heterocycles. The van der Waals surface area contributed by atoms with E-state index in [9.17, 15) is 4.79 Å². The summed E-state index contributed by atoms with van der Waals surface area (Å²) in [4.78, 5) is 16.4. The van der Waals surface area contributed by atoms with Crippen LogP contribution in [0.25, 0.3) is 5.69 Å². The minimum absolute atomic E-state index is 0.125. The molecule has 3 aromatic rings. The Kier molecular flexibility index (Phi) is 4.08. The van der Waals surface area contributed by atoms with Crippen molar-refractivity contribution in [1.29, 1.82) is 0 Å². The molecule has 0 fully saturated rings.